The van der Waals surface area contributed by atoms with E-state index in [1.807, 2.05) is 0 Å². The van der Waals surface area contributed by atoms with Crippen molar-refractivity contribution in [1.29, 1.82) is 0 Å². The molecule has 0 nitrogen and oxygen atoms in total. The molecule has 38 heavy (non-hydrogen) atoms. The van der Waals surface area contributed by atoms with E-state index in [0.717, 1.165) is 0 Å². The summed E-state index contributed by atoms with van der Waals surface area (Å²) in [7, 11) is 0. The first-order valence-corrected chi connectivity index (χ1v) is 18.6. The minimum Gasteiger partial charge on any atom is -0.0885 e. The zero-order chi connectivity index (χ0) is 27.5. The first-order valence-electron chi connectivity index (χ1n) is 18.6. The zero-order valence-corrected chi connectivity index (χ0v) is 27.2. The fourth-order valence-corrected chi connectivity index (χ4v) is 5.86. The van der Waals surface area contributed by atoms with E-state index in [9.17, 15) is 0 Å². The first kappa shape index (κ1) is 37.7. The van der Waals surface area contributed by atoms with E-state index < -0.39 is 0 Å². The molecule has 0 saturated carbocycles. The van der Waals surface area contributed by atoms with E-state index >= 15 is 0 Å². The highest BCUT2D eigenvalue weighted by Gasteiger charge is 1.96. The van der Waals surface area contributed by atoms with Gasteiger partial charge in [0, 0.05) is 0 Å². The average Bonchev–Trinajstić information content (AvgIpc) is 2.93. The van der Waals surface area contributed by atoms with Gasteiger partial charge in [0.15, 0.2) is 0 Å². The SMILES string of the molecule is CCCCCCCCCCCCCCCCCC/C=C\CCCCCCCCCCCCCCCCCC. The summed E-state index contributed by atoms with van der Waals surface area (Å²) in [4.78, 5) is 0. The monoisotopic (exact) mass is 533 g/mol. The van der Waals surface area contributed by atoms with Crippen LogP contribution in [-0.4, -0.2) is 0 Å². The Morgan fingerprint density at radius 1 is 0.211 bits per heavy atom. The average molecular weight is 533 g/mol. The maximum absolute atomic E-state index is 2.47. The zero-order valence-electron chi connectivity index (χ0n) is 27.2. The molecular weight excluding hydrogens is 456 g/mol. The number of hydrogen-bond donors (Lipinski definition) is 0. The van der Waals surface area contributed by atoms with Crippen LogP contribution < -0.4 is 0 Å². The van der Waals surface area contributed by atoms with Crippen LogP contribution in [0.5, 0.6) is 0 Å². The van der Waals surface area contributed by atoms with Gasteiger partial charge in [-0.1, -0.05) is 219 Å². The van der Waals surface area contributed by atoms with Gasteiger partial charge in [0.1, 0.15) is 0 Å². The fourth-order valence-electron chi connectivity index (χ4n) is 5.86. The number of hydrogen-bond acceptors (Lipinski definition) is 0. The fraction of sp³-hybridized carbons (Fsp3) is 0.947. The van der Waals surface area contributed by atoms with Gasteiger partial charge in [0.2, 0.25) is 0 Å². The third-order valence-corrected chi connectivity index (χ3v) is 8.62. The summed E-state index contributed by atoms with van der Waals surface area (Å²) in [5.41, 5.74) is 0. The minimum absolute atomic E-state index is 1.32. The van der Waals surface area contributed by atoms with Crippen LogP contribution in [0.3, 0.4) is 0 Å². The van der Waals surface area contributed by atoms with Gasteiger partial charge in [-0.05, 0) is 25.7 Å². The Morgan fingerprint density at radius 3 is 0.553 bits per heavy atom. The molecule has 0 aliphatic rings. The number of unbranched alkanes of at least 4 members (excludes halogenated alkanes) is 32. The van der Waals surface area contributed by atoms with Gasteiger partial charge in [-0.15, -0.1) is 0 Å². The van der Waals surface area contributed by atoms with Crippen molar-refractivity contribution in [2.45, 2.75) is 232 Å². The van der Waals surface area contributed by atoms with E-state index in [0.29, 0.717) is 0 Å². The topological polar surface area (TPSA) is 0 Å². The molecule has 0 unspecified atom stereocenters. The van der Waals surface area contributed by atoms with Crippen LogP contribution in [0, 0.1) is 0 Å². The minimum atomic E-state index is 1.32. The first-order chi connectivity index (χ1) is 18.9. The lowest BCUT2D eigenvalue weighted by atomic mass is 10.0. The normalized spacial score (nSPS) is 11.7. The Morgan fingerprint density at radius 2 is 0.368 bits per heavy atom. The Hall–Kier alpha value is -0.260. The molecule has 228 valence electrons. The molecule has 0 heterocycles. The Labute approximate surface area is 244 Å². The van der Waals surface area contributed by atoms with E-state index in [1.165, 1.54) is 218 Å². The molecule has 0 bridgehead atoms. The van der Waals surface area contributed by atoms with Crippen LogP contribution in [0.4, 0.5) is 0 Å². The summed E-state index contributed by atoms with van der Waals surface area (Å²) in [5, 5.41) is 0. The Kier molecular flexibility index (Phi) is 36.5. The highest BCUT2D eigenvalue weighted by atomic mass is 14.0. The van der Waals surface area contributed by atoms with Gasteiger partial charge in [-0.25, -0.2) is 0 Å². The second kappa shape index (κ2) is 36.7. The summed E-state index contributed by atoms with van der Waals surface area (Å²) in [6.45, 7) is 4.61. The second-order valence-corrected chi connectivity index (χ2v) is 12.7. The molecular formula is C38H76. The smallest absolute Gasteiger partial charge is 0.0351 e. The molecule has 0 amide bonds. The Balaban J connectivity index is 3.07. The van der Waals surface area contributed by atoms with Gasteiger partial charge in [0.25, 0.3) is 0 Å². The van der Waals surface area contributed by atoms with Crippen molar-refractivity contribution in [3.8, 4) is 0 Å². The van der Waals surface area contributed by atoms with Crippen LogP contribution in [0.1, 0.15) is 232 Å². The number of allylic oxidation sites excluding steroid dienone is 2. The van der Waals surface area contributed by atoms with Crippen molar-refractivity contribution in [3.05, 3.63) is 12.2 Å². The molecule has 0 aromatic heterocycles. The second-order valence-electron chi connectivity index (χ2n) is 12.7. The summed E-state index contributed by atoms with van der Waals surface area (Å²) in [6, 6.07) is 0. The molecule has 0 heteroatoms. The summed E-state index contributed by atoms with van der Waals surface area (Å²) in [6.07, 6.45) is 54.4. The van der Waals surface area contributed by atoms with Crippen molar-refractivity contribution in [1.82, 2.24) is 0 Å². The maximum Gasteiger partial charge on any atom is -0.0351 e. The predicted molar refractivity (Wildman–Crippen MR) is 177 cm³/mol. The van der Waals surface area contributed by atoms with Gasteiger partial charge in [-0.2, -0.15) is 0 Å². The molecule has 0 aliphatic carbocycles. The lowest BCUT2D eigenvalue weighted by Gasteiger charge is -2.03. The van der Waals surface area contributed by atoms with Gasteiger partial charge < -0.3 is 0 Å². The molecule has 0 N–H and O–H groups in total. The van der Waals surface area contributed by atoms with Crippen molar-refractivity contribution in [2.75, 3.05) is 0 Å². The molecule has 0 spiro atoms. The third-order valence-electron chi connectivity index (χ3n) is 8.62. The van der Waals surface area contributed by atoms with Crippen molar-refractivity contribution >= 4 is 0 Å². The van der Waals surface area contributed by atoms with Crippen molar-refractivity contribution < 1.29 is 0 Å². The van der Waals surface area contributed by atoms with Crippen molar-refractivity contribution in [3.63, 3.8) is 0 Å². The lowest BCUT2D eigenvalue weighted by Crippen LogP contribution is -1.83. The van der Waals surface area contributed by atoms with Crippen LogP contribution >= 0.6 is 0 Å². The van der Waals surface area contributed by atoms with Crippen LogP contribution in [0.2, 0.25) is 0 Å². The van der Waals surface area contributed by atoms with Crippen LogP contribution in [0.25, 0.3) is 0 Å². The predicted octanol–water partition coefficient (Wildman–Crippen LogP) is 14.8. The van der Waals surface area contributed by atoms with E-state index in [4.69, 9.17) is 0 Å². The Bertz CT molecular complexity index is 370. The molecule has 0 aliphatic heterocycles. The summed E-state index contributed by atoms with van der Waals surface area (Å²) >= 11 is 0. The maximum atomic E-state index is 2.47. The summed E-state index contributed by atoms with van der Waals surface area (Å²) in [5.74, 6) is 0. The number of rotatable bonds is 34. The van der Waals surface area contributed by atoms with Crippen LogP contribution in [0.15, 0.2) is 12.2 Å². The standard InChI is InChI=1S/C38H76/c1-3-5-7-9-11-13-15-17-19-21-23-25-27-29-31-33-35-37-38-36-34-32-30-28-26-24-22-20-18-16-14-12-10-8-6-4-2/h37-38H,3-36H2,1-2H3/b38-37-. The lowest BCUT2D eigenvalue weighted by molar-refractivity contribution is 0.529. The molecule has 0 atom stereocenters. The van der Waals surface area contributed by atoms with Gasteiger partial charge in [-0.3, -0.25) is 0 Å². The van der Waals surface area contributed by atoms with Crippen molar-refractivity contribution in [2.24, 2.45) is 0 Å². The molecule has 0 saturated heterocycles. The third kappa shape index (κ3) is 35.7. The van der Waals surface area contributed by atoms with Crippen LogP contribution in [-0.2, 0) is 0 Å². The molecule has 0 aromatic carbocycles. The van der Waals surface area contributed by atoms with E-state index in [2.05, 4.69) is 26.0 Å². The molecule has 0 aromatic rings. The molecule has 0 rings (SSSR count). The highest BCUT2D eigenvalue weighted by Crippen LogP contribution is 2.16. The van der Waals surface area contributed by atoms with E-state index in [-0.39, 0.29) is 0 Å². The molecule has 0 fully saturated rings. The quantitative estimate of drug-likeness (QED) is 0.0571. The van der Waals surface area contributed by atoms with Gasteiger partial charge in [0.05, 0.1) is 0 Å². The van der Waals surface area contributed by atoms with Gasteiger partial charge >= 0.3 is 0 Å². The van der Waals surface area contributed by atoms with E-state index in [1.54, 1.807) is 0 Å². The largest absolute Gasteiger partial charge is 0.0885 e. The molecule has 0 radical (unpaired) electrons. The highest BCUT2D eigenvalue weighted by molar-refractivity contribution is 4.81. The summed E-state index contributed by atoms with van der Waals surface area (Å²) < 4.78 is 0.